The van der Waals surface area contributed by atoms with Crippen LogP contribution < -0.4 is 5.32 Å². The van der Waals surface area contributed by atoms with Crippen molar-refractivity contribution in [2.45, 2.75) is 71.1 Å². The van der Waals surface area contributed by atoms with Crippen LogP contribution in [0.4, 0.5) is 5.00 Å². The van der Waals surface area contributed by atoms with Crippen molar-refractivity contribution in [3.8, 4) is 0 Å². The fourth-order valence-electron chi connectivity index (χ4n) is 5.65. The molecule has 0 saturated carbocycles. The van der Waals surface area contributed by atoms with E-state index in [0.29, 0.717) is 22.5 Å². The number of anilines is 1. The minimum absolute atomic E-state index is 0.123. The van der Waals surface area contributed by atoms with Gasteiger partial charge >= 0.3 is 0 Å². The summed E-state index contributed by atoms with van der Waals surface area (Å²) in [6.07, 6.45) is 1.36. The van der Waals surface area contributed by atoms with Crippen LogP contribution in [0.25, 0.3) is 0 Å². The summed E-state index contributed by atoms with van der Waals surface area (Å²) in [7, 11) is -3.73. The van der Waals surface area contributed by atoms with Crippen LogP contribution in [0.5, 0.6) is 0 Å². The third-order valence-electron chi connectivity index (χ3n) is 7.46. The molecular weight excluding hydrogens is 562 g/mol. The Bertz CT molecular complexity index is 1550. The van der Waals surface area contributed by atoms with E-state index in [1.807, 2.05) is 33.8 Å². The molecule has 1 saturated heterocycles. The van der Waals surface area contributed by atoms with Gasteiger partial charge in [-0.05, 0) is 83.0 Å². The number of hydrogen-bond acceptors (Lipinski definition) is 8. The molecule has 1 amide bonds. The second-order valence-corrected chi connectivity index (χ2v) is 14.0. The summed E-state index contributed by atoms with van der Waals surface area (Å²) < 4.78 is 35.0. The van der Waals surface area contributed by atoms with Gasteiger partial charge in [0.05, 0.1) is 28.4 Å². The van der Waals surface area contributed by atoms with Gasteiger partial charge < -0.3 is 10.1 Å². The summed E-state index contributed by atoms with van der Waals surface area (Å²) in [5, 5.41) is 7.85. The summed E-state index contributed by atoms with van der Waals surface area (Å²) >= 11 is 1.43. The van der Waals surface area contributed by atoms with Crippen molar-refractivity contribution < 1.29 is 22.7 Å². The van der Waals surface area contributed by atoms with Gasteiger partial charge in [-0.15, -0.1) is 11.3 Å². The number of hydrogen-bond donors (Lipinski definition) is 1. The van der Waals surface area contributed by atoms with Crippen molar-refractivity contribution in [3.05, 3.63) is 63.3 Å². The van der Waals surface area contributed by atoms with Crippen LogP contribution in [-0.2, 0) is 27.7 Å². The van der Waals surface area contributed by atoms with Crippen molar-refractivity contribution in [3.63, 3.8) is 0 Å². The largest absolute Gasteiger partial charge is 0.373 e. The minimum atomic E-state index is -3.73. The number of nitrogens with one attached hydrogen (secondary N) is 1. The Balaban J connectivity index is 1.41. The number of amides is 1. The molecule has 0 radical (unpaired) electrons. The van der Waals surface area contributed by atoms with E-state index >= 15 is 0 Å². The molecule has 2 aliphatic heterocycles. The Morgan fingerprint density at radius 1 is 1.12 bits per heavy atom. The number of fused-ring (bicyclic) bond motifs is 1. The van der Waals surface area contributed by atoms with Gasteiger partial charge in [-0.25, -0.2) is 13.1 Å². The van der Waals surface area contributed by atoms with E-state index in [1.54, 1.807) is 0 Å². The van der Waals surface area contributed by atoms with Gasteiger partial charge in [0.1, 0.15) is 5.00 Å². The predicted octanol–water partition coefficient (Wildman–Crippen LogP) is 4.07. The van der Waals surface area contributed by atoms with E-state index in [0.717, 1.165) is 47.9 Å². The molecule has 2 aliphatic rings. The van der Waals surface area contributed by atoms with Crippen LogP contribution in [-0.4, -0.2) is 77.6 Å². The van der Waals surface area contributed by atoms with Crippen LogP contribution >= 0.6 is 11.3 Å². The van der Waals surface area contributed by atoms with Crippen LogP contribution in [0, 0.1) is 13.8 Å². The molecule has 12 heteroatoms. The first-order chi connectivity index (χ1) is 19.5. The number of aromatic nitrogens is 2. The third kappa shape index (κ3) is 6.02. The van der Waals surface area contributed by atoms with Gasteiger partial charge in [0.15, 0.2) is 0 Å². The maximum absolute atomic E-state index is 13.8. The molecule has 0 bridgehead atoms. The zero-order valence-electron chi connectivity index (χ0n) is 24.1. The van der Waals surface area contributed by atoms with Crippen molar-refractivity contribution in [2.75, 3.05) is 31.5 Å². The highest BCUT2D eigenvalue weighted by Gasteiger charge is 2.33. The number of benzene rings is 1. The SMILES string of the molecule is CCCN1CCc2c(sc(NC(=O)c3ccc(S(=O)(=O)N4CC(C)OC(C)C4)cc3)c2C(=O)n2nc(C)cc2C)C1. The lowest BCUT2D eigenvalue weighted by Gasteiger charge is -2.34. The van der Waals surface area contributed by atoms with Crippen molar-refractivity contribution >= 4 is 38.2 Å². The van der Waals surface area contributed by atoms with Gasteiger partial charge in [0.25, 0.3) is 11.8 Å². The summed E-state index contributed by atoms with van der Waals surface area (Å²) in [5.41, 5.74) is 3.22. The standard InChI is InChI=1S/C29H37N5O5S2/c1-6-12-32-13-11-24-25(17-32)40-28(26(24)29(36)34-19(3)14-18(2)31-34)30-27(35)22-7-9-23(10-8-22)41(37,38)33-15-20(4)39-21(5)16-33/h7-10,14,20-21H,6,11-13,15-17H2,1-5H3,(H,30,35). The molecule has 10 nitrogen and oxygen atoms in total. The molecule has 2 aromatic heterocycles. The van der Waals surface area contributed by atoms with Gasteiger partial charge in [0.2, 0.25) is 10.0 Å². The molecule has 220 valence electrons. The van der Waals surface area contributed by atoms with E-state index in [1.165, 1.54) is 44.6 Å². The molecule has 3 aromatic rings. The number of nitrogens with zero attached hydrogens (tertiary/aromatic N) is 4. The zero-order valence-corrected chi connectivity index (χ0v) is 25.8. The second-order valence-electron chi connectivity index (χ2n) is 10.9. The van der Waals surface area contributed by atoms with Gasteiger partial charge in [-0.2, -0.15) is 9.40 Å². The fourth-order valence-corrected chi connectivity index (χ4v) is 8.52. The maximum atomic E-state index is 13.8. The summed E-state index contributed by atoms with van der Waals surface area (Å²) in [6, 6.07) is 7.78. The Morgan fingerprint density at radius 3 is 2.41 bits per heavy atom. The second kappa shape index (κ2) is 11.8. The highest BCUT2D eigenvalue weighted by Crippen LogP contribution is 2.38. The van der Waals surface area contributed by atoms with Crippen LogP contribution in [0.2, 0.25) is 0 Å². The van der Waals surface area contributed by atoms with Crippen molar-refractivity contribution in [1.82, 2.24) is 19.0 Å². The molecular formula is C29H37N5O5S2. The number of ether oxygens (including phenoxy) is 1. The molecule has 0 aliphatic carbocycles. The molecule has 2 atom stereocenters. The number of sulfonamides is 1. The molecule has 41 heavy (non-hydrogen) atoms. The normalized spacial score (nSPS) is 20.1. The van der Waals surface area contributed by atoms with Crippen LogP contribution in [0.1, 0.15) is 69.7 Å². The van der Waals surface area contributed by atoms with Gasteiger partial charge in [0, 0.05) is 42.3 Å². The number of carbonyl (C=O) groups is 2. The first kappa shape index (κ1) is 29.6. The van der Waals surface area contributed by atoms with Crippen LogP contribution in [0.3, 0.4) is 0 Å². The monoisotopic (exact) mass is 599 g/mol. The Labute approximate surface area is 245 Å². The first-order valence-electron chi connectivity index (χ1n) is 14.0. The number of morpholine rings is 1. The highest BCUT2D eigenvalue weighted by atomic mass is 32.2. The van der Waals surface area contributed by atoms with E-state index in [4.69, 9.17) is 4.74 Å². The molecule has 1 aromatic carbocycles. The topological polar surface area (TPSA) is 114 Å². The number of thiophene rings is 1. The van der Waals surface area contributed by atoms with Crippen molar-refractivity contribution in [1.29, 1.82) is 0 Å². The van der Waals surface area contributed by atoms with Crippen molar-refractivity contribution in [2.24, 2.45) is 0 Å². The molecule has 1 fully saturated rings. The lowest BCUT2D eigenvalue weighted by molar-refractivity contribution is -0.0440. The molecule has 5 rings (SSSR count). The number of carbonyl (C=O) groups excluding carboxylic acids is 2. The number of rotatable bonds is 7. The highest BCUT2D eigenvalue weighted by molar-refractivity contribution is 7.89. The first-order valence-corrected chi connectivity index (χ1v) is 16.3. The average molecular weight is 600 g/mol. The van der Waals surface area contributed by atoms with Crippen LogP contribution in [0.15, 0.2) is 35.2 Å². The smallest absolute Gasteiger partial charge is 0.281 e. The van der Waals surface area contributed by atoms with E-state index in [9.17, 15) is 18.0 Å². The lowest BCUT2D eigenvalue weighted by atomic mass is 10.0. The number of aryl methyl sites for hydroxylation is 2. The molecule has 2 unspecified atom stereocenters. The van der Waals surface area contributed by atoms with Gasteiger partial charge in [-0.1, -0.05) is 6.92 Å². The molecule has 0 spiro atoms. The summed E-state index contributed by atoms with van der Waals surface area (Å²) in [5.74, 6) is -0.670. The Kier molecular flexibility index (Phi) is 8.49. The molecule has 1 N–H and O–H groups in total. The lowest BCUT2D eigenvalue weighted by Crippen LogP contribution is -2.48. The predicted molar refractivity (Wildman–Crippen MR) is 158 cm³/mol. The Morgan fingerprint density at radius 2 is 1.80 bits per heavy atom. The summed E-state index contributed by atoms with van der Waals surface area (Å²) in [4.78, 5) is 30.7. The third-order valence-corrected chi connectivity index (χ3v) is 10.4. The van der Waals surface area contributed by atoms with Gasteiger partial charge in [-0.3, -0.25) is 14.5 Å². The quantitative estimate of drug-likeness (QED) is 0.436. The van der Waals surface area contributed by atoms with E-state index in [-0.39, 0.29) is 36.1 Å². The van der Waals surface area contributed by atoms with E-state index < -0.39 is 15.9 Å². The van der Waals surface area contributed by atoms with E-state index in [2.05, 4.69) is 22.2 Å². The molecule has 4 heterocycles. The average Bonchev–Trinajstić information content (AvgIpc) is 3.45. The zero-order chi connectivity index (χ0) is 29.5. The minimum Gasteiger partial charge on any atom is -0.373 e. The summed E-state index contributed by atoms with van der Waals surface area (Å²) in [6.45, 7) is 12.6. The maximum Gasteiger partial charge on any atom is 0.281 e. The fraction of sp³-hybridized carbons (Fsp3) is 0.483. The Hall–Kier alpha value is -2.90.